The highest BCUT2D eigenvalue weighted by molar-refractivity contribution is 14.0. The van der Waals surface area contributed by atoms with Crippen LogP contribution in [0, 0.1) is 0 Å². The number of halogens is 1. The minimum Gasteiger partial charge on any atom is -0.383 e. The number of ether oxygens (including phenoxy) is 1. The van der Waals surface area contributed by atoms with Gasteiger partial charge in [-0.15, -0.1) is 24.0 Å². The van der Waals surface area contributed by atoms with Gasteiger partial charge in [-0.3, -0.25) is 4.99 Å². The highest BCUT2D eigenvalue weighted by Gasteiger charge is 2.11. The Morgan fingerprint density at radius 1 is 1.26 bits per heavy atom. The maximum atomic E-state index is 5.15. The quantitative estimate of drug-likeness (QED) is 0.257. The van der Waals surface area contributed by atoms with Crippen molar-refractivity contribution < 1.29 is 4.74 Å². The van der Waals surface area contributed by atoms with Crippen molar-refractivity contribution in [3.05, 3.63) is 0 Å². The molecule has 6 nitrogen and oxygen atoms in total. The SMILES string of the molecule is CCNC(=NCCCN1CCCN(C)CC1)NC(C)COC.I. The number of likely N-dealkylation sites (N-methyl/N-ethyl adjacent to an activating group) is 1. The molecule has 7 heteroatoms. The van der Waals surface area contributed by atoms with Gasteiger partial charge in [-0.1, -0.05) is 0 Å². The number of aliphatic imine (C=N–C) groups is 1. The average Bonchev–Trinajstić information content (AvgIpc) is 2.68. The van der Waals surface area contributed by atoms with E-state index in [1.54, 1.807) is 7.11 Å². The molecule has 1 heterocycles. The minimum atomic E-state index is 0. The van der Waals surface area contributed by atoms with Crippen LogP contribution in [0.5, 0.6) is 0 Å². The lowest BCUT2D eigenvalue weighted by atomic mass is 10.3. The summed E-state index contributed by atoms with van der Waals surface area (Å²) in [6, 6.07) is 0.268. The molecule has 0 aromatic carbocycles. The Morgan fingerprint density at radius 3 is 2.74 bits per heavy atom. The highest BCUT2D eigenvalue weighted by atomic mass is 127. The molecule has 0 bridgehead atoms. The van der Waals surface area contributed by atoms with E-state index in [-0.39, 0.29) is 30.0 Å². The topological polar surface area (TPSA) is 52.1 Å². The van der Waals surface area contributed by atoms with Crippen LogP contribution in [0.3, 0.4) is 0 Å². The lowest BCUT2D eigenvalue weighted by Crippen LogP contribution is -2.44. The second-order valence-corrected chi connectivity index (χ2v) is 6.11. The number of hydrogen-bond acceptors (Lipinski definition) is 4. The fraction of sp³-hybridized carbons (Fsp3) is 0.938. The van der Waals surface area contributed by atoms with Crippen LogP contribution < -0.4 is 10.6 Å². The molecule has 0 amide bonds. The van der Waals surface area contributed by atoms with E-state index in [1.165, 1.54) is 32.6 Å². The molecule has 1 unspecified atom stereocenters. The highest BCUT2D eigenvalue weighted by Crippen LogP contribution is 2.01. The molecule has 1 fully saturated rings. The molecule has 1 saturated heterocycles. The van der Waals surface area contributed by atoms with E-state index in [1.807, 2.05) is 0 Å². The van der Waals surface area contributed by atoms with Crippen LogP contribution in [0.4, 0.5) is 0 Å². The van der Waals surface area contributed by atoms with Gasteiger partial charge in [0.05, 0.1) is 6.61 Å². The van der Waals surface area contributed by atoms with E-state index >= 15 is 0 Å². The monoisotopic (exact) mass is 441 g/mol. The first-order valence-electron chi connectivity index (χ1n) is 8.60. The van der Waals surface area contributed by atoms with Crippen molar-refractivity contribution in [1.29, 1.82) is 0 Å². The summed E-state index contributed by atoms with van der Waals surface area (Å²) in [4.78, 5) is 9.64. The van der Waals surface area contributed by atoms with E-state index in [0.29, 0.717) is 6.61 Å². The second kappa shape index (κ2) is 14.2. The standard InChI is InChI=1S/C16H35N5O.HI/c1-5-17-16(19-15(2)14-22-4)18-8-6-10-21-11-7-9-20(3)12-13-21;/h15H,5-14H2,1-4H3,(H2,17,18,19);1H. The molecule has 0 aromatic rings. The van der Waals surface area contributed by atoms with Gasteiger partial charge in [-0.25, -0.2) is 0 Å². The normalized spacial score (nSPS) is 18.9. The predicted molar refractivity (Wildman–Crippen MR) is 109 cm³/mol. The van der Waals surface area contributed by atoms with Crippen LogP contribution in [0.25, 0.3) is 0 Å². The molecule has 0 radical (unpaired) electrons. The summed E-state index contributed by atoms with van der Waals surface area (Å²) >= 11 is 0. The zero-order valence-electron chi connectivity index (χ0n) is 15.3. The van der Waals surface area contributed by atoms with E-state index in [9.17, 15) is 0 Å². The molecule has 1 aliphatic heterocycles. The molecular formula is C16H36IN5O. The third-order valence-corrected chi connectivity index (χ3v) is 3.86. The average molecular weight is 441 g/mol. The molecule has 2 N–H and O–H groups in total. The van der Waals surface area contributed by atoms with Gasteiger partial charge in [0.1, 0.15) is 0 Å². The van der Waals surface area contributed by atoms with E-state index in [2.05, 4.69) is 46.3 Å². The zero-order chi connectivity index (χ0) is 16.2. The summed E-state index contributed by atoms with van der Waals surface area (Å²) in [5, 5.41) is 6.66. The first-order chi connectivity index (χ1) is 10.7. The maximum Gasteiger partial charge on any atom is 0.191 e. The van der Waals surface area contributed by atoms with E-state index in [4.69, 9.17) is 4.74 Å². The molecule has 0 spiro atoms. The lowest BCUT2D eigenvalue weighted by Gasteiger charge is -2.20. The van der Waals surface area contributed by atoms with Crippen molar-refractivity contribution in [2.45, 2.75) is 32.7 Å². The third-order valence-electron chi connectivity index (χ3n) is 3.86. The smallest absolute Gasteiger partial charge is 0.191 e. The zero-order valence-corrected chi connectivity index (χ0v) is 17.6. The van der Waals surface area contributed by atoms with Gasteiger partial charge in [0.25, 0.3) is 0 Å². The van der Waals surface area contributed by atoms with Gasteiger partial charge in [0.15, 0.2) is 5.96 Å². The van der Waals surface area contributed by atoms with Crippen LogP contribution in [0.1, 0.15) is 26.7 Å². The van der Waals surface area contributed by atoms with Crippen molar-refractivity contribution in [3.63, 3.8) is 0 Å². The number of guanidine groups is 1. The van der Waals surface area contributed by atoms with Crippen molar-refractivity contribution in [1.82, 2.24) is 20.4 Å². The van der Waals surface area contributed by atoms with E-state index < -0.39 is 0 Å². The summed E-state index contributed by atoms with van der Waals surface area (Å²) in [6.07, 6.45) is 2.39. The van der Waals surface area contributed by atoms with Crippen LogP contribution in [0.2, 0.25) is 0 Å². The molecule has 0 aliphatic carbocycles. The molecule has 138 valence electrons. The number of nitrogens with zero attached hydrogens (tertiary/aromatic N) is 3. The van der Waals surface area contributed by atoms with Crippen molar-refractivity contribution in [3.8, 4) is 0 Å². The van der Waals surface area contributed by atoms with Crippen LogP contribution in [0.15, 0.2) is 4.99 Å². The van der Waals surface area contributed by atoms with Gasteiger partial charge >= 0.3 is 0 Å². The lowest BCUT2D eigenvalue weighted by molar-refractivity contribution is 0.179. The maximum absolute atomic E-state index is 5.15. The van der Waals surface area contributed by atoms with Gasteiger partial charge < -0.3 is 25.2 Å². The molecule has 1 aliphatic rings. The Hall–Kier alpha value is -0.120. The van der Waals surface area contributed by atoms with Crippen LogP contribution >= 0.6 is 24.0 Å². The molecule has 0 aromatic heterocycles. The minimum absolute atomic E-state index is 0. The summed E-state index contributed by atoms with van der Waals surface area (Å²) in [5.74, 6) is 0.891. The first kappa shape index (κ1) is 22.9. The third kappa shape index (κ3) is 11.1. The van der Waals surface area contributed by atoms with Gasteiger partial charge in [0, 0.05) is 39.3 Å². The predicted octanol–water partition coefficient (Wildman–Crippen LogP) is 1.22. The van der Waals surface area contributed by atoms with Crippen LogP contribution in [-0.2, 0) is 4.74 Å². The Labute approximate surface area is 159 Å². The fourth-order valence-corrected chi connectivity index (χ4v) is 2.65. The van der Waals surface area contributed by atoms with E-state index in [0.717, 1.165) is 32.0 Å². The number of hydrogen-bond donors (Lipinski definition) is 2. The summed E-state index contributed by atoms with van der Waals surface area (Å²) < 4.78 is 5.15. The molecule has 23 heavy (non-hydrogen) atoms. The molecule has 0 saturated carbocycles. The van der Waals surface area contributed by atoms with Crippen LogP contribution in [-0.4, -0.2) is 88.4 Å². The fourth-order valence-electron chi connectivity index (χ4n) is 2.65. The van der Waals surface area contributed by atoms with Crippen molar-refractivity contribution in [2.75, 3.05) is 66.6 Å². The van der Waals surface area contributed by atoms with Gasteiger partial charge in [0.2, 0.25) is 0 Å². The molecule has 1 rings (SSSR count). The number of nitrogens with one attached hydrogen (secondary N) is 2. The Kier molecular flexibility index (Phi) is 14.2. The summed E-state index contributed by atoms with van der Waals surface area (Å²) in [5.41, 5.74) is 0. The van der Waals surface area contributed by atoms with Crippen molar-refractivity contribution >= 4 is 29.9 Å². The Morgan fingerprint density at radius 2 is 2.04 bits per heavy atom. The van der Waals surface area contributed by atoms with Gasteiger partial charge in [-0.2, -0.15) is 0 Å². The summed E-state index contributed by atoms with van der Waals surface area (Å²) in [7, 11) is 3.93. The number of rotatable bonds is 8. The van der Waals surface area contributed by atoms with Gasteiger partial charge in [-0.05, 0) is 53.4 Å². The number of methoxy groups -OCH3 is 1. The summed E-state index contributed by atoms with van der Waals surface area (Å²) in [6.45, 7) is 12.6. The Balaban J connectivity index is 0.00000484. The second-order valence-electron chi connectivity index (χ2n) is 6.11. The first-order valence-corrected chi connectivity index (χ1v) is 8.60. The van der Waals surface area contributed by atoms with Crippen molar-refractivity contribution in [2.24, 2.45) is 4.99 Å². The Bertz CT molecular complexity index is 317. The molecular weight excluding hydrogens is 405 g/mol. The largest absolute Gasteiger partial charge is 0.383 e. The molecule has 1 atom stereocenters.